The summed E-state index contributed by atoms with van der Waals surface area (Å²) >= 11 is 0. The lowest BCUT2D eigenvalue weighted by atomic mass is 10.0. The molecule has 0 aliphatic rings. The average molecular weight is 628 g/mol. The molecular formula is C31H66NO9P. The minimum absolute atomic E-state index is 0.0475. The first-order chi connectivity index (χ1) is 20.1. The van der Waals surface area contributed by atoms with E-state index in [0.29, 0.717) is 24.2 Å². The molecule has 0 rings (SSSR count). The number of likely N-dealkylation sites (N-methyl/N-ethyl adjacent to an activating group) is 1. The van der Waals surface area contributed by atoms with Gasteiger partial charge in [0.05, 0.1) is 41.0 Å². The summed E-state index contributed by atoms with van der Waals surface area (Å²) < 4.78 is 39.0. The van der Waals surface area contributed by atoms with Crippen molar-refractivity contribution in [3.8, 4) is 0 Å². The molecule has 0 aromatic carbocycles. The normalized spacial score (nSPS) is 14.5. The minimum atomic E-state index is -4.46. The van der Waals surface area contributed by atoms with Crippen molar-refractivity contribution in [1.82, 2.24) is 0 Å². The number of methoxy groups -OCH3 is 2. The quantitative estimate of drug-likeness (QED) is 0.0194. The van der Waals surface area contributed by atoms with Crippen molar-refractivity contribution >= 4 is 7.82 Å². The molecule has 0 aliphatic carbocycles. The summed E-state index contributed by atoms with van der Waals surface area (Å²) in [5.41, 5.74) is 0. The van der Waals surface area contributed by atoms with Crippen LogP contribution in [0.4, 0.5) is 0 Å². The second-order valence-corrected chi connectivity index (χ2v) is 13.6. The maximum absolute atomic E-state index is 12.2. The van der Waals surface area contributed by atoms with Crippen molar-refractivity contribution < 1.29 is 47.0 Å². The molecule has 0 aliphatic heterocycles. The highest BCUT2D eigenvalue weighted by Gasteiger charge is 2.18. The van der Waals surface area contributed by atoms with Gasteiger partial charge >= 0.3 is 0 Å². The van der Waals surface area contributed by atoms with Crippen molar-refractivity contribution in [2.24, 2.45) is 0 Å². The van der Waals surface area contributed by atoms with Gasteiger partial charge < -0.3 is 32.6 Å². The van der Waals surface area contributed by atoms with E-state index in [-0.39, 0.29) is 26.1 Å². The number of phosphoric ester groups is 1. The molecule has 0 amide bonds. The third kappa shape index (κ3) is 29.9. The Kier molecular flexibility index (Phi) is 28.3. The number of phosphoric acid groups is 1. The zero-order chi connectivity index (χ0) is 31.4. The first-order valence-electron chi connectivity index (χ1n) is 16.5. The Labute approximate surface area is 258 Å². The Morgan fingerprint density at radius 1 is 0.667 bits per heavy atom. The van der Waals surface area contributed by atoms with Gasteiger partial charge in [-0.25, -0.2) is 9.78 Å². The Morgan fingerprint density at radius 2 is 1.19 bits per heavy atom. The number of hydrogen-bond acceptors (Lipinski definition) is 9. The molecule has 10 nitrogen and oxygen atoms in total. The third-order valence-electron chi connectivity index (χ3n) is 7.02. The van der Waals surface area contributed by atoms with Crippen molar-refractivity contribution in [2.45, 2.75) is 128 Å². The predicted molar refractivity (Wildman–Crippen MR) is 166 cm³/mol. The highest BCUT2D eigenvalue weighted by atomic mass is 31.2. The van der Waals surface area contributed by atoms with Crippen LogP contribution in [-0.4, -0.2) is 91.8 Å². The summed E-state index contributed by atoms with van der Waals surface area (Å²) in [5, 5.41) is 0. The number of hydrogen-bond donors (Lipinski definition) is 0. The van der Waals surface area contributed by atoms with Gasteiger partial charge in [-0.3, -0.25) is 4.57 Å². The van der Waals surface area contributed by atoms with Crippen LogP contribution >= 0.6 is 7.82 Å². The minimum Gasteiger partial charge on any atom is -0.756 e. The number of quaternary nitrogens is 1. The Balaban J connectivity index is 4.14. The fourth-order valence-corrected chi connectivity index (χ4v) is 5.03. The predicted octanol–water partition coefficient (Wildman–Crippen LogP) is 6.80. The molecule has 0 N–H and O–H groups in total. The van der Waals surface area contributed by atoms with E-state index in [1.165, 1.54) is 77.0 Å². The van der Waals surface area contributed by atoms with Gasteiger partial charge in [-0.1, -0.05) is 90.4 Å². The van der Waals surface area contributed by atoms with E-state index in [1.54, 1.807) is 14.2 Å². The Hall–Kier alpha value is -0.130. The monoisotopic (exact) mass is 627 g/mol. The van der Waals surface area contributed by atoms with Gasteiger partial charge in [0.1, 0.15) is 19.3 Å². The highest BCUT2D eigenvalue weighted by molar-refractivity contribution is 7.45. The van der Waals surface area contributed by atoms with E-state index < -0.39 is 13.9 Å². The fourth-order valence-electron chi connectivity index (χ4n) is 4.30. The standard InChI is InChI=1S/C31H66NO9P/c1-7-8-9-10-11-12-13-14-15-16-17-18-19-21-25-37-28-30(41-38-26-22-20-23-31(35-5)36-6)29-40-42(33,34)39-27-24-32(2,3)4/h30-31H,7-29H2,1-6H3/t30-/m1/s1. The second-order valence-electron chi connectivity index (χ2n) is 12.2. The zero-order valence-electron chi connectivity index (χ0n) is 28.0. The van der Waals surface area contributed by atoms with Crippen LogP contribution in [0.1, 0.15) is 116 Å². The summed E-state index contributed by atoms with van der Waals surface area (Å²) in [7, 11) is 4.64. The Bertz CT molecular complexity index is 618. The van der Waals surface area contributed by atoms with Crippen molar-refractivity contribution in [1.29, 1.82) is 0 Å². The molecule has 11 heteroatoms. The van der Waals surface area contributed by atoms with E-state index >= 15 is 0 Å². The van der Waals surface area contributed by atoms with Gasteiger partial charge in [0, 0.05) is 20.8 Å². The van der Waals surface area contributed by atoms with Gasteiger partial charge in [-0.15, -0.1) is 0 Å². The van der Waals surface area contributed by atoms with Crippen molar-refractivity contribution in [2.75, 3.05) is 74.9 Å². The maximum Gasteiger partial charge on any atom is 0.268 e. The molecule has 0 heterocycles. The first kappa shape index (κ1) is 41.9. The van der Waals surface area contributed by atoms with Gasteiger partial charge in [0.25, 0.3) is 7.82 Å². The summed E-state index contributed by atoms with van der Waals surface area (Å²) in [4.78, 5) is 23.0. The number of rotatable bonds is 33. The lowest BCUT2D eigenvalue weighted by Crippen LogP contribution is -2.37. The van der Waals surface area contributed by atoms with Gasteiger partial charge in [0.15, 0.2) is 6.29 Å². The topological polar surface area (TPSA) is 105 Å². The molecule has 42 heavy (non-hydrogen) atoms. The molecule has 254 valence electrons. The Morgan fingerprint density at radius 3 is 1.71 bits per heavy atom. The van der Waals surface area contributed by atoms with Crippen molar-refractivity contribution in [3.05, 3.63) is 0 Å². The fraction of sp³-hybridized carbons (Fsp3) is 1.00. The van der Waals surface area contributed by atoms with E-state index in [9.17, 15) is 9.46 Å². The molecular weight excluding hydrogens is 561 g/mol. The van der Waals surface area contributed by atoms with Gasteiger partial charge in [0.2, 0.25) is 0 Å². The number of ether oxygens (including phenoxy) is 3. The van der Waals surface area contributed by atoms with Crippen LogP contribution in [0.3, 0.4) is 0 Å². The molecule has 0 saturated heterocycles. The zero-order valence-corrected chi connectivity index (χ0v) is 28.9. The molecule has 0 saturated carbocycles. The van der Waals surface area contributed by atoms with E-state index in [4.69, 9.17) is 33.0 Å². The van der Waals surface area contributed by atoms with Gasteiger partial charge in [-0.2, -0.15) is 0 Å². The smallest absolute Gasteiger partial charge is 0.268 e. The summed E-state index contributed by atoms with van der Waals surface area (Å²) in [6.45, 7) is 3.72. The molecule has 0 aromatic heterocycles. The van der Waals surface area contributed by atoms with Crippen LogP contribution in [-0.2, 0) is 37.6 Å². The lowest BCUT2D eigenvalue weighted by molar-refractivity contribution is -0.870. The van der Waals surface area contributed by atoms with E-state index in [1.807, 2.05) is 21.1 Å². The van der Waals surface area contributed by atoms with E-state index in [0.717, 1.165) is 32.1 Å². The summed E-state index contributed by atoms with van der Waals surface area (Å²) in [6, 6.07) is 0. The molecule has 0 fully saturated rings. The molecule has 0 radical (unpaired) electrons. The number of nitrogens with zero attached hydrogens (tertiary/aromatic N) is 1. The van der Waals surface area contributed by atoms with Crippen LogP contribution in [0.25, 0.3) is 0 Å². The first-order valence-corrected chi connectivity index (χ1v) is 17.9. The van der Waals surface area contributed by atoms with Crippen LogP contribution in [0.2, 0.25) is 0 Å². The number of unbranched alkanes of at least 4 members (excludes halogenated alkanes) is 14. The van der Waals surface area contributed by atoms with Crippen LogP contribution in [0, 0.1) is 0 Å². The lowest BCUT2D eigenvalue weighted by Gasteiger charge is -2.28. The molecule has 1 unspecified atom stereocenters. The molecule has 0 bridgehead atoms. The third-order valence-corrected chi connectivity index (χ3v) is 7.99. The average Bonchev–Trinajstić information content (AvgIpc) is 2.94. The second kappa shape index (κ2) is 28.4. The highest BCUT2D eigenvalue weighted by Crippen LogP contribution is 2.38. The van der Waals surface area contributed by atoms with Crippen LogP contribution < -0.4 is 4.89 Å². The van der Waals surface area contributed by atoms with E-state index in [2.05, 4.69) is 6.92 Å². The SMILES string of the molecule is CCCCCCCCCCCCCCCCOC[C@H](COP(=O)([O-])OCC[N+](C)(C)C)OOCCCCC(OC)OC. The van der Waals surface area contributed by atoms with Crippen molar-refractivity contribution in [3.63, 3.8) is 0 Å². The molecule has 0 aromatic rings. The van der Waals surface area contributed by atoms with Gasteiger partial charge in [-0.05, 0) is 25.7 Å². The largest absolute Gasteiger partial charge is 0.756 e. The summed E-state index contributed by atoms with van der Waals surface area (Å²) in [5.74, 6) is 0. The molecule has 0 spiro atoms. The van der Waals surface area contributed by atoms with Crippen LogP contribution in [0.5, 0.6) is 0 Å². The molecule has 2 atom stereocenters. The summed E-state index contributed by atoms with van der Waals surface area (Å²) in [6.07, 6.45) is 19.6. The van der Waals surface area contributed by atoms with Crippen LogP contribution in [0.15, 0.2) is 0 Å². The maximum atomic E-state index is 12.2.